The molecule has 3 nitrogen and oxygen atoms in total. The maximum Gasteiger partial charge on any atom is 0.150 e. The fraction of sp³-hybridized carbons (Fsp3) is 0.500. The third-order valence-corrected chi connectivity index (χ3v) is 4.36. The number of benzene rings is 1. The highest BCUT2D eigenvalue weighted by Gasteiger charge is 2.06. The van der Waals surface area contributed by atoms with Gasteiger partial charge in [-0.05, 0) is 31.0 Å². The lowest BCUT2D eigenvalue weighted by Crippen LogP contribution is -2.13. The number of hydrogen-bond donors (Lipinski definition) is 1. The van der Waals surface area contributed by atoms with E-state index in [4.69, 9.17) is 0 Å². The van der Waals surface area contributed by atoms with Gasteiger partial charge in [-0.25, -0.2) is 12.8 Å². The van der Waals surface area contributed by atoms with E-state index >= 15 is 0 Å². The van der Waals surface area contributed by atoms with E-state index < -0.39 is 9.84 Å². The summed E-state index contributed by atoms with van der Waals surface area (Å²) in [7, 11) is -2.90. The van der Waals surface area contributed by atoms with Crippen LogP contribution in [-0.4, -0.2) is 26.5 Å². The van der Waals surface area contributed by atoms with Crippen molar-refractivity contribution in [3.63, 3.8) is 0 Å². The van der Waals surface area contributed by atoms with Gasteiger partial charge in [0.05, 0.1) is 5.75 Å². The van der Waals surface area contributed by atoms with Crippen molar-refractivity contribution in [1.82, 2.24) is 0 Å². The average molecular weight is 259 g/mol. The average Bonchev–Trinajstić information content (AvgIpc) is 2.29. The first-order chi connectivity index (χ1) is 7.94. The van der Waals surface area contributed by atoms with Gasteiger partial charge in [-0.15, -0.1) is 0 Å². The van der Waals surface area contributed by atoms with Gasteiger partial charge in [-0.1, -0.05) is 13.0 Å². The third-order valence-electron chi connectivity index (χ3n) is 2.57. The van der Waals surface area contributed by atoms with Crippen LogP contribution in [-0.2, 0) is 9.84 Å². The van der Waals surface area contributed by atoms with Gasteiger partial charge in [0.1, 0.15) is 15.7 Å². The van der Waals surface area contributed by atoms with Crippen LogP contribution in [0.25, 0.3) is 0 Å². The Labute approximate surface area is 102 Å². The van der Waals surface area contributed by atoms with Crippen LogP contribution in [0.15, 0.2) is 18.2 Å². The minimum absolute atomic E-state index is 0.171. The Morgan fingerprint density at radius 2 is 2.06 bits per heavy atom. The zero-order valence-electron chi connectivity index (χ0n) is 10.2. The fourth-order valence-corrected chi connectivity index (χ4v) is 2.24. The zero-order valence-corrected chi connectivity index (χ0v) is 11.0. The Morgan fingerprint density at radius 1 is 1.35 bits per heavy atom. The summed E-state index contributed by atoms with van der Waals surface area (Å²) in [6, 6.07) is 4.90. The second kappa shape index (κ2) is 6.00. The molecule has 0 aliphatic carbocycles. The number of rotatable bonds is 6. The van der Waals surface area contributed by atoms with Crippen molar-refractivity contribution in [1.29, 1.82) is 0 Å². The summed E-state index contributed by atoms with van der Waals surface area (Å²) in [6.45, 7) is 3.87. The SMILES string of the molecule is CCS(=O)(=O)CCCNc1ccc(C)c(F)c1. The van der Waals surface area contributed by atoms with E-state index in [0.717, 1.165) is 0 Å². The van der Waals surface area contributed by atoms with Crippen molar-refractivity contribution in [3.8, 4) is 0 Å². The molecular formula is C12H18FNO2S. The molecule has 0 amide bonds. The minimum atomic E-state index is -2.90. The first-order valence-corrected chi connectivity index (χ1v) is 7.47. The molecule has 0 bridgehead atoms. The van der Waals surface area contributed by atoms with Gasteiger partial charge in [-0.2, -0.15) is 0 Å². The summed E-state index contributed by atoms with van der Waals surface area (Å²) in [5, 5.41) is 3.00. The van der Waals surface area contributed by atoms with Crippen LogP contribution in [0.4, 0.5) is 10.1 Å². The fourth-order valence-electron chi connectivity index (χ4n) is 1.37. The zero-order chi connectivity index (χ0) is 12.9. The normalized spacial score (nSPS) is 11.5. The van der Waals surface area contributed by atoms with E-state index in [2.05, 4.69) is 5.32 Å². The third kappa shape index (κ3) is 4.73. The molecule has 0 unspecified atom stereocenters. The summed E-state index contributed by atoms with van der Waals surface area (Å²) >= 11 is 0. The number of nitrogens with one attached hydrogen (secondary N) is 1. The molecule has 0 radical (unpaired) electrons. The Bertz CT molecular complexity index is 471. The molecular weight excluding hydrogens is 241 g/mol. The van der Waals surface area contributed by atoms with Gasteiger partial charge in [0.25, 0.3) is 0 Å². The van der Waals surface area contributed by atoms with Crippen molar-refractivity contribution in [2.24, 2.45) is 0 Å². The smallest absolute Gasteiger partial charge is 0.150 e. The topological polar surface area (TPSA) is 46.2 Å². The van der Waals surface area contributed by atoms with E-state index in [1.54, 1.807) is 26.0 Å². The van der Waals surface area contributed by atoms with E-state index in [9.17, 15) is 12.8 Å². The first-order valence-electron chi connectivity index (χ1n) is 5.65. The van der Waals surface area contributed by atoms with Crippen molar-refractivity contribution in [3.05, 3.63) is 29.6 Å². The Hall–Kier alpha value is -1.10. The molecule has 0 heterocycles. The summed E-state index contributed by atoms with van der Waals surface area (Å²) < 4.78 is 35.6. The minimum Gasteiger partial charge on any atom is -0.385 e. The molecule has 0 aromatic heterocycles. The molecule has 17 heavy (non-hydrogen) atoms. The predicted octanol–water partition coefficient (Wildman–Crippen LogP) is 2.37. The van der Waals surface area contributed by atoms with Crippen LogP contribution in [0, 0.1) is 12.7 Å². The van der Waals surface area contributed by atoms with Gasteiger partial charge in [-0.3, -0.25) is 0 Å². The first kappa shape index (κ1) is 14.0. The van der Waals surface area contributed by atoms with Crippen LogP contribution in [0.1, 0.15) is 18.9 Å². The number of sulfone groups is 1. The maximum atomic E-state index is 13.2. The largest absolute Gasteiger partial charge is 0.385 e. The summed E-state index contributed by atoms with van der Waals surface area (Å²) in [4.78, 5) is 0. The van der Waals surface area contributed by atoms with Crippen molar-refractivity contribution < 1.29 is 12.8 Å². The molecule has 1 aromatic carbocycles. The molecule has 5 heteroatoms. The van der Waals surface area contributed by atoms with E-state index in [-0.39, 0.29) is 17.3 Å². The van der Waals surface area contributed by atoms with Gasteiger partial charge < -0.3 is 5.32 Å². The van der Waals surface area contributed by atoms with Gasteiger partial charge in [0.2, 0.25) is 0 Å². The van der Waals surface area contributed by atoms with E-state index in [0.29, 0.717) is 24.2 Å². The van der Waals surface area contributed by atoms with Gasteiger partial charge in [0, 0.05) is 18.0 Å². The lowest BCUT2D eigenvalue weighted by atomic mass is 10.2. The summed E-state index contributed by atoms with van der Waals surface area (Å²) in [5.74, 6) is 0.0907. The Balaban J connectivity index is 2.39. The highest BCUT2D eigenvalue weighted by atomic mass is 32.2. The number of hydrogen-bond acceptors (Lipinski definition) is 3. The molecule has 0 saturated carbocycles. The highest BCUT2D eigenvalue weighted by molar-refractivity contribution is 7.91. The predicted molar refractivity (Wildman–Crippen MR) is 68.6 cm³/mol. The van der Waals surface area contributed by atoms with Gasteiger partial charge in [0.15, 0.2) is 0 Å². The van der Waals surface area contributed by atoms with Crippen molar-refractivity contribution in [2.75, 3.05) is 23.4 Å². The van der Waals surface area contributed by atoms with Crippen molar-refractivity contribution >= 4 is 15.5 Å². The van der Waals surface area contributed by atoms with Crippen LogP contribution in [0.2, 0.25) is 0 Å². The molecule has 0 aliphatic heterocycles. The molecule has 1 aromatic rings. The maximum absolute atomic E-state index is 13.2. The van der Waals surface area contributed by atoms with Crippen molar-refractivity contribution in [2.45, 2.75) is 20.3 Å². The highest BCUT2D eigenvalue weighted by Crippen LogP contribution is 2.13. The van der Waals surface area contributed by atoms with Crippen LogP contribution < -0.4 is 5.32 Å². The number of halogens is 1. The molecule has 0 fully saturated rings. The molecule has 1 N–H and O–H groups in total. The van der Waals surface area contributed by atoms with E-state index in [1.807, 2.05) is 0 Å². The lowest BCUT2D eigenvalue weighted by molar-refractivity contribution is 0.595. The lowest BCUT2D eigenvalue weighted by Gasteiger charge is -2.07. The van der Waals surface area contributed by atoms with Crippen LogP contribution in [0.5, 0.6) is 0 Å². The quantitative estimate of drug-likeness (QED) is 0.798. The second-order valence-corrected chi connectivity index (χ2v) is 6.45. The van der Waals surface area contributed by atoms with Gasteiger partial charge >= 0.3 is 0 Å². The Morgan fingerprint density at radius 3 is 2.65 bits per heavy atom. The standard InChI is InChI=1S/C12H18FNO2S/c1-3-17(15,16)8-4-7-14-11-6-5-10(2)12(13)9-11/h5-6,9,14H,3-4,7-8H2,1-2H3. The molecule has 0 spiro atoms. The monoisotopic (exact) mass is 259 g/mol. The second-order valence-electron chi connectivity index (χ2n) is 3.98. The molecule has 0 saturated heterocycles. The molecule has 0 aliphatic rings. The summed E-state index contributed by atoms with van der Waals surface area (Å²) in [5.41, 5.74) is 1.28. The Kier molecular flexibility index (Phi) is 4.93. The number of aryl methyl sites for hydroxylation is 1. The number of anilines is 1. The summed E-state index contributed by atoms with van der Waals surface area (Å²) in [6.07, 6.45) is 0.533. The molecule has 1 rings (SSSR count). The van der Waals surface area contributed by atoms with E-state index in [1.165, 1.54) is 6.07 Å². The molecule has 96 valence electrons. The van der Waals surface area contributed by atoms with Crippen LogP contribution in [0.3, 0.4) is 0 Å². The molecule has 0 atom stereocenters. The van der Waals surface area contributed by atoms with Crippen LogP contribution >= 0.6 is 0 Å².